The van der Waals surface area contributed by atoms with Gasteiger partial charge < -0.3 is 20.3 Å². The fourth-order valence-electron chi connectivity index (χ4n) is 2.78. The number of nitrogens with one attached hydrogen (secondary N) is 2. The number of ether oxygens (including phenoxy) is 1. The molecule has 3 aliphatic heterocycles. The summed E-state index contributed by atoms with van der Waals surface area (Å²) in [5.41, 5.74) is 0.714. The molecule has 2 amide bonds. The number of nitrogens with zero attached hydrogens (tertiary/aromatic N) is 3. The number of anilines is 3. The van der Waals surface area contributed by atoms with Crippen molar-refractivity contribution < 1.29 is 14.3 Å². The standard InChI is InChI=1S/C12H13N5O3/c18-7-5-6-8-9(13-7)15-12(16-10(8)14-11(6)19)17-1-3-20-4-2-17/h6H,1-5H2,(H2,13,14,15,16,18,19). The van der Waals surface area contributed by atoms with E-state index in [1.165, 1.54) is 0 Å². The van der Waals surface area contributed by atoms with Gasteiger partial charge in [-0.15, -0.1) is 0 Å². The molecule has 0 saturated carbocycles. The lowest BCUT2D eigenvalue weighted by Gasteiger charge is -2.28. The van der Waals surface area contributed by atoms with Crippen molar-refractivity contribution in [2.24, 2.45) is 0 Å². The largest absolute Gasteiger partial charge is 0.378 e. The Kier molecular flexibility index (Phi) is 2.40. The molecule has 4 rings (SSSR count). The van der Waals surface area contributed by atoms with Crippen LogP contribution in [0.1, 0.15) is 17.9 Å². The van der Waals surface area contributed by atoms with Crippen molar-refractivity contribution >= 4 is 29.4 Å². The predicted molar refractivity (Wildman–Crippen MR) is 69.7 cm³/mol. The zero-order valence-electron chi connectivity index (χ0n) is 10.7. The predicted octanol–water partition coefficient (Wildman–Crippen LogP) is -0.309. The van der Waals surface area contributed by atoms with Gasteiger partial charge >= 0.3 is 0 Å². The average molecular weight is 275 g/mol. The van der Waals surface area contributed by atoms with Gasteiger partial charge in [0.25, 0.3) is 0 Å². The Bertz CT molecular complexity index is 611. The second-order valence-electron chi connectivity index (χ2n) is 5.03. The Hall–Kier alpha value is -2.22. The molecule has 8 heteroatoms. The minimum Gasteiger partial charge on any atom is -0.378 e. The molecule has 1 saturated heterocycles. The van der Waals surface area contributed by atoms with Crippen LogP contribution in [0.3, 0.4) is 0 Å². The molecular weight excluding hydrogens is 262 g/mol. The topological polar surface area (TPSA) is 96.5 Å². The van der Waals surface area contributed by atoms with E-state index < -0.39 is 5.92 Å². The lowest BCUT2D eigenvalue weighted by Crippen LogP contribution is -2.37. The number of aromatic nitrogens is 2. The van der Waals surface area contributed by atoms with Gasteiger partial charge in [-0.2, -0.15) is 9.97 Å². The van der Waals surface area contributed by atoms with Crippen LogP contribution in [0, 0.1) is 0 Å². The third-order valence-corrected chi connectivity index (χ3v) is 3.78. The third-order valence-electron chi connectivity index (χ3n) is 3.78. The highest BCUT2D eigenvalue weighted by Crippen LogP contribution is 2.41. The van der Waals surface area contributed by atoms with Gasteiger partial charge in [0.05, 0.1) is 24.7 Å². The Morgan fingerprint density at radius 2 is 1.80 bits per heavy atom. The summed E-state index contributed by atoms with van der Waals surface area (Å²) in [4.78, 5) is 34.4. The van der Waals surface area contributed by atoms with Crippen LogP contribution < -0.4 is 15.5 Å². The molecule has 0 aliphatic carbocycles. The molecule has 1 fully saturated rings. The summed E-state index contributed by atoms with van der Waals surface area (Å²) in [7, 11) is 0. The van der Waals surface area contributed by atoms with Crippen LogP contribution in [0.5, 0.6) is 0 Å². The van der Waals surface area contributed by atoms with Crippen LogP contribution in [0.4, 0.5) is 17.6 Å². The van der Waals surface area contributed by atoms with Crippen molar-refractivity contribution in [3.8, 4) is 0 Å². The second-order valence-corrected chi connectivity index (χ2v) is 5.03. The van der Waals surface area contributed by atoms with E-state index in [1.807, 2.05) is 4.90 Å². The van der Waals surface area contributed by atoms with E-state index in [-0.39, 0.29) is 18.2 Å². The SMILES string of the molecule is O=C1CC2C(=O)Nc3nc(N4CCOCC4)nc(c32)N1. The molecule has 1 aromatic heterocycles. The van der Waals surface area contributed by atoms with Gasteiger partial charge in [-0.25, -0.2) is 0 Å². The van der Waals surface area contributed by atoms with E-state index in [0.29, 0.717) is 49.5 Å². The number of hydrogen-bond donors (Lipinski definition) is 2. The zero-order valence-corrected chi connectivity index (χ0v) is 10.7. The highest BCUT2D eigenvalue weighted by Gasteiger charge is 2.40. The molecule has 4 heterocycles. The fraction of sp³-hybridized carbons (Fsp3) is 0.500. The molecule has 0 aromatic carbocycles. The molecule has 1 atom stereocenters. The maximum absolute atomic E-state index is 11.9. The summed E-state index contributed by atoms with van der Waals surface area (Å²) in [6, 6.07) is 0. The molecule has 2 N–H and O–H groups in total. The van der Waals surface area contributed by atoms with Crippen LogP contribution in [0.15, 0.2) is 0 Å². The summed E-state index contributed by atoms with van der Waals surface area (Å²) in [5, 5.41) is 5.47. The van der Waals surface area contributed by atoms with Crippen LogP contribution in [0.2, 0.25) is 0 Å². The van der Waals surface area contributed by atoms with E-state index in [9.17, 15) is 9.59 Å². The van der Waals surface area contributed by atoms with E-state index in [4.69, 9.17) is 4.74 Å². The highest BCUT2D eigenvalue weighted by molar-refractivity contribution is 6.10. The summed E-state index contributed by atoms with van der Waals surface area (Å²) in [6.07, 6.45) is 0.159. The number of rotatable bonds is 1. The maximum atomic E-state index is 11.9. The normalized spacial score (nSPS) is 24.2. The zero-order chi connectivity index (χ0) is 13.7. The first-order valence-corrected chi connectivity index (χ1v) is 6.58. The number of morpholine rings is 1. The van der Waals surface area contributed by atoms with Gasteiger partial charge in [-0.05, 0) is 0 Å². The highest BCUT2D eigenvalue weighted by atomic mass is 16.5. The summed E-state index contributed by atoms with van der Waals surface area (Å²) < 4.78 is 5.30. The first-order valence-electron chi connectivity index (χ1n) is 6.58. The average Bonchev–Trinajstić information content (AvgIpc) is 2.77. The molecule has 1 aromatic rings. The van der Waals surface area contributed by atoms with Crippen LogP contribution in [-0.4, -0.2) is 48.1 Å². The quantitative estimate of drug-likeness (QED) is 0.730. The third kappa shape index (κ3) is 1.64. The monoisotopic (exact) mass is 275 g/mol. The van der Waals surface area contributed by atoms with Gasteiger partial charge in [0, 0.05) is 19.5 Å². The van der Waals surface area contributed by atoms with E-state index >= 15 is 0 Å². The van der Waals surface area contributed by atoms with Crippen molar-refractivity contribution in [1.82, 2.24) is 9.97 Å². The minimum absolute atomic E-state index is 0.159. The number of carbonyl (C=O) groups excluding carboxylic acids is 2. The Balaban J connectivity index is 1.78. The van der Waals surface area contributed by atoms with Crippen LogP contribution >= 0.6 is 0 Å². The number of amides is 2. The van der Waals surface area contributed by atoms with Gasteiger partial charge in [0.2, 0.25) is 17.8 Å². The first-order chi connectivity index (χ1) is 9.72. The van der Waals surface area contributed by atoms with Gasteiger partial charge in [-0.3, -0.25) is 9.59 Å². The number of hydrogen-bond acceptors (Lipinski definition) is 6. The van der Waals surface area contributed by atoms with Crippen LogP contribution in [0.25, 0.3) is 0 Å². The van der Waals surface area contributed by atoms with Crippen molar-refractivity contribution in [2.45, 2.75) is 12.3 Å². The molecule has 0 spiro atoms. The summed E-state index contributed by atoms with van der Waals surface area (Å²) in [5.74, 6) is 0.682. The Labute approximate surface area is 114 Å². The van der Waals surface area contributed by atoms with E-state index in [2.05, 4.69) is 20.6 Å². The van der Waals surface area contributed by atoms with Gasteiger partial charge in [0.15, 0.2) is 0 Å². The van der Waals surface area contributed by atoms with E-state index in [1.54, 1.807) is 0 Å². The molecule has 3 aliphatic rings. The molecule has 20 heavy (non-hydrogen) atoms. The second kappa shape index (κ2) is 4.14. The van der Waals surface area contributed by atoms with E-state index in [0.717, 1.165) is 0 Å². The van der Waals surface area contributed by atoms with Crippen molar-refractivity contribution in [3.05, 3.63) is 5.56 Å². The lowest BCUT2D eigenvalue weighted by molar-refractivity contribution is -0.122. The smallest absolute Gasteiger partial charge is 0.233 e. The molecular formula is C12H13N5O3. The Morgan fingerprint density at radius 3 is 2.55 bits per heavy atom. The first kappa shape index (κ1) is 11.6. The molecule has 0 bridgehead atoms. The van der Waals surface area contributed by atoms with Gasteiger partial charge in [-0.1, -0.05) is 0 Å². The number of carbonyl (C=O) groups is 2. The minimum atomic E-state index is -0.451. The molecule has 0 radical (unpaired) electrons. The summed E-state index contributed by atoms with van der Waals surface area (Å²) >= 11 is 0. The van der Waals surface area contributed by atoms with Crippen molar-refractivity contribution in [2.75, 3.05) is 41.8 Å². The van der Waals surface area contributed by atoms with Gasteiger partial charge in [0.1, 0.15) is 11.6 Å². The Morgan fingerprint density at radius 1 is 1.10 bits per heavy atom. The van der Waals surface area contributed by atoms with Crippen LogP contribution in [-0.2, 0) is 14.3 Å². The fourth-order valence-corrected chi connectivity index (χ4v) is 2.78. The lowest BCUT2D eigenvalue weighted by atomic mass is 9.95. The maximum Gasteiger partial charge on any atom is 0.233 e. The summed E-state index contributed by atoms with van der Waals surface area (Å²) in [6.45, 7) is 2.64. The molecule has 8 nitrogen and oxygen atoms in total. The molecule has 104 valence electrons. The van der Waals surface area contributed by atoms with Crippen molar-refractivity contribution in [3.63, 3.8) is 0 Å². The van der Waals surface area contributed by atoms with Crippen molar-refractivity contribution in [1.29, 1.82) is 0 Å². The molecule has 1 unspecified atom stereocenters.